The maximum Gasteiger partial charge on any atom is 0.322 e. The quantitative estimate of drug-likeness (QED) is 0.782. The number of urea groups is 1. The van der Waals surface area contributed by atoms with Gasteiger partial charge >= 0.3 is 6.03 Å². The normalized spacial score (nSPS) is 17.0. The lowest BCUT2D eigenvalue weighted by molar-refractivity contribution is 0.146. The number of hydrogen-bond acceptors (Lipinski definition) is 4. The number of amides is 2. The van der Waals surface area contributed by atoms with Crippen molar-refractivity contribution < 1.29 is 14.3 Å². The Morgan fingerprint density at radius 1 is 1.15 bits per heavy atom. The van der Waals surface area contributed by atoms with Crippen molar-refractivity contribution in [3.8, 4) is 5.75 Å². The van der Waals surface area contributed by atoms with Gasteiger partial charge in [0.25, 0.3) is 0 Å². The number of nitrogens with zero attached hydrogens (tertiary/aromatic N) is 1. The van der Waals surface area contributed by atoms with Crippen molar-refractivity contribution in [3.63, 3.8) is 0 Å². The molecular formula is C20H25N3O3. The average Bonchev–Trinajstić information content (AvgIpc) is 2.70. The monoisotopic (exact) mass is 355 g/mol. The van der Waals surface area contributed by atoms with E-state index in [4.69, 9.17) is 9.47 Å². The number of piperazine rings is 1. The SMILES string of the molecule is COCCOc1ccccc1NC(=O)N1CCNC(c2ccccc2)C1. The summed E-state index contributed by atoms with van der Waals surface area (Å²) >= 11 is 0. The molecule has 0 spiro atoms. The molecule has 0 aromatic heterocycles. The Labute approximate surface area is 154 Å². The van der Waals surface area contributed by atoms with Crippen LogP contribution in [0.2, 0.25) is 0 Å². The molecular weight excluding hydrogens is 330 g/mol. The van der Waals surface area contributed by atoms with Gasteiger partial charge in [0.05, 0.1) is 18.3 Å². The molecule has 1 fully saturated rings. The van der Waals surface area contributed by atoms with Crippen LogP contribution in [-0.2, 0) is 4.74 Å². The second-order valence-electron chi connectivity index (χ2n) is 6.13. The highest BCUT2D eigenvalue weighted by Gasteiger charge is 2.24. The van der Waals surface area contributed by atoms with E-state index in [1.54, 1.807) is 7.11 Å². The molecule has 2 aromatic rings. The number of ether oxygens (including phenoxy) is 2. The first-order chi connectivity index (χ1) is 12.8. The zero-order chi connectivity index (χ0) is 18.2. The number of methoxy groups -OCH3 is 1. The highest BCUT2D eigenvalue weighted by Crippen LogP contribution is 2.25. The third kappa shape index (κ3) is 4.74. The summed E-state index contributed by atoms with van der Waals surface area (Å²) in [5.41, 5.74) is 1.86. The van der Waals surface area contributed by atoms with Crippen LogP contribution in [0.25, 0.3) is 0 Å². The van der Waals surface area contributed by atoms with Crippen molar-refractivity contribution in [1.82, 2.24) is 10.2 Å². The highest BCUT2D eigenvalue weighted by molar-refractivity contribution is 5.91. The molecule has 1 atom stereocenters. The van der Waals surface area contributed by atoms with Crippen LogP contribution in [0.15, 0.2) is 54.6 Å². The van der Waals surface area contributed by atoms with E-state index in [2.05, 4.69) is 22.8 Å². The third-order valence-corrected chi connectivity index (χ3v) is 4.34. The summed E-state index contributed by atoms with van der Waals surface area (Å²) in [5.74, 6) is 0.646. The minimum atomic E-state index is -0.116. The van der Waals surface area contributed by atoms with E-state index in [1.165, 1.54) is 5.56 Å². The molecule has 0 bridgehead atoms. The summed E-state index contributed by atoms with van der Waals surface area (Å²) in [6.45, 7) is 3.00. The van der Waals surface area contributed by atoms with Crippen molar-refractivity contribution in [2.24, 2.45) is 0 Å². The summed E-state index contributed by atoms with van der Waals surface area (Å²) in [6, 6.07) is 17.7. The maximum atomic E-state index is 12.7. The van der Waals surface area contributed by atoms with Crippen LogP contribution in [0.3, 0.4) is 0 Å². The van der Waals surface area contributed by atoms with E-state index >= 15 is 0 Å². The van der Waals surface area contributed by atoms with Gasteiger partial charge in [-0.2, -0.15) is 0 Å². The van der Waals surface area contributed by atoms with E-state index in [1.807, 2.05) is 47.4 Å². The second kappa shape index (κ2) is 9.22. The molecule has 6 nitrogen and oxygen atoms in total. The fourth-order valence-electron chi connectivity index (χ4n) is 2.97. The number of carbonyl (C=O) groups excluding carboxylic acids is 1. The highest BCUT2D eigenvalue weighted by atomic mass is 16.5. The first-order valence-corrected chi connectivity index (χ1v) is 8.83. The number of para-hydroxylation sites is 2. The summed E-state index contributed by atoms with van der Waals surface area (Å²) in [7, 11) is 1.63. The third-order valence-electron chi connectivity index (χ3n) is 4.34. The fourth-order valence-corrected chi connectivity index (χ4v) is 2.97. The minimum absolute atomic E-state index is 0.116. The van der Waals surface area contributed by atoms with Gasteiger partial charge in [-0.05, 0) is 17.7 Å². The number of nitrogens with one attached hydrogen (secondary N) is 2. The van der Waals surface area contributed by atoms with Gasteiger partial charge in [-0.15, -0.1) is 0 Å². The Hall–Kier alpha value is -2.57. The van der Waals surface area contributed by atoms with Gasteiger partial charge in [0.1, 0.15) is 12.4 Å². The van der Waals surface area contributed by atoms with Gasteiger partial charge in [0.2, 0.25) is 0 Å². The van der Waals surface area contributed by atoms with Crippen LogP contribution in [0.5, 0.6) is 5.75 Å². The van der Waals surface area contributed by atoms with E-state index in [-0.39, 0.29) is 12.1 Å². The Balaban J connectivity index is 1.63. The Morgan fingerprint density at radius 2 is 1.92 bits per heavy atom. The number of hydrogen-bond donors (Lipinski definition) is 2. The van der Waals surface area contributed by atoms with E-state index in [0.717, 1.165) is 6.54 Å². The lowest BCUT2D eigenvalue weighted by Gasteiger charge is -2.34. The summed E-state index contributed by atoms with van der Waals surface area (Å²) < 4.78 is 10.7. The van der Waals surface area contributed by atoms with E-state index < -0.39 is 0 Å². The fraction of sp³-hybridized carbons (Fsp3) is 0.350. The summed E-state index contributed by atoms with van der Waals surface area (Å²) in [6.07, 6.45) is 0. The minimum Gasteiger partial charge on any atom is -0.489 e. The Bertz CT molecular complexity index is 708. The van der Waals surface area contributed by atoms with Crippen molar-refractivity contribution in [2.45, 2.75) is 6.04 Å². The molecule has 2 aromatic carbocycles. The van der Waals surface area contributed by atoms with Gasteiger partial charge in [0.15, 0.2) is 0 Å². The largest absolute Gasteiger partial charge is 0.489 e. The van der Waals surface area contributed by atoms with Crippen LogP contribution < -0.4 is 15.4 Å². The molecule has 1 aliphatic heterocycles. The molecule has 1 aliphatic rings. The second-order valence-corrected chi connectivity index (χ2v) is 6.13. The van der Waals surface area contributed by atoms with Crippen molar-refractivity contribution in [2.75, 3.05) is 45.3 Å². The molecule has 138 valence electrons. The number of anilines is 1. The number of benzene rings is 2. The Kier molecular flexibility index (Phi) is 6.46. The average molecular weight is 355 g/mol. The smallest absolute Gasteiger partial charge is 0.322 e. The molecule has 1 unspecified atom stereocenters. The molecule has 1 heterocycles. The maximum absolute atomic E-state index is 12.7. The lowest BCUT2D eigenvalue weighted by atomic mass is 10.0. The molecule has 3 rings (SSSR count). The molecule has 26 heavy (non-hydrogen) atoms. The van der Waals surface area contributed by atoms with Gasteiger partial charge in [-0.1, -0.05) is 42.5 Å². The van der Waals surface area contributed by atoms with Crippen LogP contribution in [0.1, 0.15) is 11.6 Å². The van der Waals surface area contributed by atoms with Crippen LogP contribution in [0, 0.1) is 0 Å². The zero-order valence-electron chi connectivity index (χ0n) is 15.0. The zero-order valence-corrected chi connectivity index (χ0v) is 15.0. The molecule has 0 saturated carbocycles. The molecule has 2 amide bonds. The molecule has 0 radical (unpaired) electrons. The van der Waals surface area contributed by atoms with E-state index in [9.17, 15) is 4.79 Å². The van der Waals surface area contributed by atoms with Gasteiger partial charge in [0, 0.05) is 26.7 Å². The van der Waals surface area contributed by atoms with Crippen LogP contribution in [0.4, 0.5) is 10.5 Å². The molecule has 6 heteroatoms. The number of rotatable bonds is 6. The molecule has 2 N–H and O–H groups in total. The van der Waals surface area contributed by atoms with Crippen molar-refractivity contribution in [1.29, 1.82) is 0 Å². The standard InChI is InChI=1S/C20H25N3O3/c1-25-13-14-26-19-10-6-5-9-17(19)22-20(24)23-12-11-21-18(15-23)16-7-3-2-4-8-16/h2-10,18,21H,11-15H2,1H3,(H,22,24). The van der Waals surface area contributed by atoms with Crippen molar-refractivity contribution >= 4 is 11.7 Å². The van der Waals surface area contributed by atoms with Gasteiger partial charge in [-0.25, -0.2) is 4.79 Å². The Morgan fingerprint density at radius 3 is 2.73 bits per heavy atom. The molecule has 0 aliphatic carbocycles. The molecule has 1 saturated heterocycles. The first-order valence-electron chi connectivity index (χ1n) is 8.83. The number of carbonyl (C=O) groups is 1. The summed E-state index contributed by atoms with van der Waals surface area (Å²) in [4.78, 5) is 14.6. The van der Waals surface area contributed by atoms with Gasteiger partial charge < -0.3 is 25.0 Å². The van der Waals surface area contributed by atoms with Crippen LogP contribution >= 0.6 is 0 Å². The predicted octanol–water partition coefficient (Wildman–Crippen LogP) is 2.89. The topological polar surface area (TPSA) is 62.8 Å². The predicted molar refractivity (Wildman–Crippen MR) is 102 cm³/mol. The summed E-state index contributed by atoms with van der Waals surface area (Å²) in [5, 5.41) is 6.44. The van der Waals surface area contributed by atoms with Gasteiger partial charge in [-0.3, -0.25) is 0 Å². The van der Waals surface area contributed by atoms with Crippen LogP contribution in [-0.4, -0.2) is 50.9 Å². The first kappa shape index (κ1) is 18.2. The van der Waals surface area contributed by atoms with Crippen molar-refractivity contribution in [3.05, 3.63) is 60.2 Å². The lowest BCUT2D eigenvalue weighted by Crippen LogP contribution is -2.49. The van der Waals surface area contributed by atoms with E-state index in [0.29, 0.717) is 37.7 Å².